The third kappa shape index (κ3) is 5.94. The fraction of sp³-hybridized carbons (Fsp3) is 0.167. The summed E-state index contributed by atoms with van der Waals surface area (Å²) in [6.45, 7) is 3.94. The van der Waals surface area contributed by atoms with E-state index in [0.717, 1.165) is 17.7 Å². The molecule has 0 atom stereocenters. The second kappa shape index (κ2) is 9.55. The monoisotopic (exact) mass is 388 g/mol. The van der Waals surface area contributed by atoms with E-state index in [0.29, 0.717) is 17.0 Å². The summed E-state index contributed by atoms with van der Waals surface area (Å²) in [5, 5.41) is 5.62. The van der Waals surface area contributed by atoms with Crippen LogP contribution in [-0.4, -0.2) is 18.4 Å². The first-order valence-electron chi connectivity index (χ1n) is 9.53. The maximum Gasteiger partial charge on any atom is 0.262 e. The van der Waals surface area contributed by atoms with Crippen molar-refractivity contribution in [2.75, 3.05) is 17.2 Å². The molecule has 5 heteroatoms. The van der Waals surface area contributed by atoms with E-state index in [1.807, 2.05) is 55.5 Å². The van der Waals surface area contributed by atoms with Gasteiger partial charge in [-0.25, -0.2) is 0 Å². The molecule has 0 aliphatic rings. The highest BCUT2D eigenvalue weighted by atomic mass is 16.5. The van der Waals surface area contributed by atoms with Crippen molar-refractivity contribution in [2.24, 2.45) is 0 Å². The van der Waals surface area contributed by atoms with Crippen molar-refractivity contribution >= 4 is 23.2 Å². The topological polar surface area (TPSA) is 67.4 Å². The summed E-state index contributed by atoms with van der Waals surface area (Å²) in [4.78, 5) is 24.7. The molecule has 0 fully saturated rings. The van der Waals surface area contributed by atoms with Gasteiger partial charge >= 0.3 is 0 Å². The lowest BCUT2D eigenvalue weighted by atomic mass is 10.1. The van der Waals surface area contributed by atoms with Gasteiger partial charge in [0.05, 0.1) is 0 Å². The maximum absolute atomic E-state index is 12.5. The van der Waals surface area contributed by atoms with Crippen LogP contribution in [0.5, 0.6) is 5.75 Å². The Bertz CT molecular complexity index is 997. The van der Waals surface area contributed by atoms with E-state index >= 15 is 0 Å². The predicted molar refractivity (Wildman–Crippen MR) is 116 cm³/mol. The van der Waals surface area contributed by atoms with E-state index in [1.54, 1.807) is 24.3 Å². The number of carbonyl (C=O) groups excluding carboxylic acids is 2. The van der Waals surface area contributed by atoms with Gasteiger partial charge in [0.15, 0.2) is 6.61 Å². The van der Waals surface area contributed by atoms with Crippen LogP contribution >= 0.6 is 0 Å². The van der Waals surface area contributed by atoms with Gasteiger partial charge in [0.25, 0.3) is 11.8 Å². The summed E-state index contributed by atoms with van der Waals surface area (Å²) in [6.07, 6.45) is 0.953. The molecule has 3 aromatic carbocycles. The van der Waals surface area contributed by atoms with Crippen LogP contribution in [0, 0.1) is 6.92 Å². The Morgan fingerprint density at radius 2 is 1.55 bits per heavy atom. The minimum Gasteiger partial charge on any atom is -0.484 e. The van der Waals surface area contributed by atoms with Gasteiger partial charge in [-0.3, -0.25) is 9.59 Å². The summed E-state index contributed by atoms with van der Waals surface area (Å²) in [5.41, 5.74) is 4.00. The number of ether oxygens (including phenoxy) is 1. The number of carbonyl (C=O) groups is 2. The average molecular weight is 388 g/mol. The largest absolute Gasteiger partial charge is 0.484 e. The Labute approximate surface area is 170 Å². The van der Waals surface area contributed by atoms with E-state index in [4.69, 9.17) is 4.74 Å². The van der Waals surface area contributed by atoms with Crippen LogP contribution in [0.25, 0.3) is 0 Å². The number of hydrogen-bond donors (Lipinski definition) is 2. The van der Waals surface area contributed by atoms with E-state index < -0.39 is 0 Å². The second-order valence-corrected chi connectivity index (χ2v) is 6.74. The van der Waals surface area contributed by atoms with Crippen molar-refractivity contribution in [3.05, 3.63) is 89.5 Å². The Hall–Kier alpha value is -3.60. The fourth-order valence-corrected chi connectivity index (χ4v) is 2.83. The molecular weight excluding hydrogens is 364 g/mol. The first kappa shape index (κ1) is 20.1. The quantitative estimate of drug-likeness (QED) is 0.609. The standard InChI is InChI=1S/C24H24N2O3/c1-3-18-10-12-22(13-11-18)29-16-23(27)25-21-9-5-7-19(15-21)24(28)26-20-8-4-6-17(2)14-20/h4-15H,3,16H2,1-2H3,(H,25,27)(H,26,28). The summed E-state index contributed by atoms with van der Waals surface area (Å²) in [7, 11) is 0. The first-order chi connectivity index (χ1) is 14.0. The Morgan fingerprint density at radius 1 is 0.862 bits per heavy atom. The van der Waals surface area contributed by atoms with Crippen LogP contribution in [0.3, 0.4) is 0 Å². The van der Waals surface area contributed by atoms with Crippen LogP contribution in [0.1, 0.15) is 28.4 Å². The number of benzene rings is 3. The predicted octanol–water partition coefficient (Wildman–Crippen LogP) is 4.83. The summed E-state index contributed by atoms with van der Waals surface area (Å²) >= 11 is 0. The van der Waals surface area contributed by atoms with Crippen molar-refractivity contribution in [3.8, 4) is 5.75 Å². The van der Waals surface area contributed by atoms with Crippen LogP contribution < -0.4 is 15.4 Å². The third-order valence-electron chi connectivity index (χ3n) is 4.39. The molecule has 0 aliphatic heterocycles. The number of hydrogen-bond acceptors (Lipinski definition) is 3. The molecular formula is C24H24N2O3. The molecule has 0 heterocycles. The Morgan fingerprint density at radius 3 is 2.24 bits per heavy atom. The molecule has 0 aromatic heterocycles. The molecule has 5 nitrogen and oxygen atoms in total. The molecule has 0 unspecified atom stereocenters. The zero-order valence-electron chi connectivity index (χ0n) is 16.6. The lowest BCUT2D eigenvalue weighted by molar-refractivity contribution is -0.118. The lowest BCUT2D eigenvalue weighted by Gasteiger charge is -2.10. The smallest absolute Gasteiger partial charge is 0.262 e. The van der Waals surface area contributed by atoms with Crippen LogP contribution in [0.2, 0.25) is 0 Å². The van der Waals surface area contributed by atoms with Crippen molar-refractivity contribution in [2.45, 2.75) is 20.3 Å². The van der Waals surface area contributed by atoms with Crippen molar-refractivity contribution in [3.63, 3.8) is 0 Å². The second-order valence-electron chi connectivity index (χ2n) is 6.74. The molecule has 3 rings (SSSR count). The van der Waals surface area contributed by atoms with E-state index in [9.17, 15) is 9.59 Å². The highest BCUT2D eigenvalue weighted by Crippen LogP contribution is 2.16. The Kier molecular flexibility index (Phi) is 6.63. The molecule has 29 heavy (non-hydrogen) atoms. The zero-order valence-corrected chi connectivity index (χ0v) is 16.6. The lowest BCUT2D eigenvalue weighted by Crippen LogP contribution is -2.20. The molecule has 2 N–H and O–H groups in total. The van der Waals surface area contributed by atoms with Crippen molar-refractivity contribution in [1.29, 1.82) is 0 Å². The molecule has 0 bridgehead atoms. The molecule has 148 valence electrons. The number of anilines is 2. The minimum absolute atomic E-state index is 0.106. The fourth-order valence-electron chi connectivity index (χ4n) is 2.83. The summed E-state index contributed by atoms with van der Waals surface area (Å²) in [6, 6.07) is 22.0. The molecule has 0 spiro atoms. The number of aryl methyl sites for hydroxylation is 2. The molecule has 0 saturated heterocycles. The molecule has 0 aliphatic carbocycles. The van der Waals surface area contributed by atoms with Gasteiger partial charge in [0.2, 0.25) is 0 Å². The van der Waals surface area contributed by atoms with Gasteiger partial charge in [0.1, 0.15) is 5.75 Å². The molecule has 2 amide bonds. The van der Waals surface area contributed by atoms with Gasteiger partial charge < -0.3 is 15.4 Å². The Balaban J connectivity index is 1.56. The highest BCUT2D eigenvalue weighted by Gasteiger charge is 2.09. The normalized spacial score (nSPS) is 10.3. The van der Waals surface area contributed by atoms with Crippen molar-refractivity contribution < 1.29 is 14.3 Å². The number of nitrogens with one attached hydrogen (secondary N) is 2. The maximum atomic E-state index is 12.5. The van der Waals surface area contributed by atoms with Crippen LogP contribution in [0.4, 0.5) is 11.4 Å². The SMILES string of the molecule is CCc1ccc(OCC(=O)Nc2cccc(C(=O)Nc3cccc(C)c3)c2)cc1. The minimum atomic E-state index is -0.291. The van der Waals surface area contributed by atoms with Gasteiger partial charge in [-0.05, 0) is 66.9 Å². The zero-order chi connectivity index (χ0) is 20.6. The van der Waals surface area contributed by atoms with E-state index in [-0.39, 0.29) is 18.4 Å². The number of amides is 2. The molecule has 0 saturated carbocycles. The van der Waals surface area contributed by atoms with E-state index in [1.165, 1.54) is 5.56 Å². The van der Waals surface area contributed by atoms with Gasteiger partial charge in [-0.2, -0.15) is 0 Å². The molecule has 0 radical (unpaired) electrons. The first-order valence-corrected chi connectivity index (χ1v) is 9.53. The van der Waals surface area contributed by atoms with Crippen LogP contribution in [-0.2, 0) is 11.2 Å². The third-order valence-corrected chi connectivity index (χ3v) is 4.39. The van der Waals surface area contributed by atoms with Crippen molar-refractivity contribution in [1.82, 2.24) is 0 Å². The number of rotatable bonds is 7. The van der Waals surface area contributed by atoms with Gasteiger partial charge in [-0.1, -0.05) is 37.3 Å². The summed E-state index contributed by atoms with van der Waals surface area (Å²) < 4.78 is 5.52. The van der Waals surface area contributed by atoms with Gasteiger partial charge in [0, 0.05) is 16.9 Å². The highest BCUT2D eigenvalue weighted by molar-refractivity contribution is 6.05. The molecule has 3 aromatic rings. The van der Waals surface area contributed by atoms with Gasteiger partial charge in [-0.15, -0.1) is 0 Å². The average Bonchev–Trinajstić information content (AvgIpc) is 2.73. The summed E-state index contributed by atoms with van der Waals surface area (Å²) in [5.74, 6) is 0.114. The van der Waals surface area contributed by atoms with E-state index in [2.05, 4.69) is 17.6 Å². The van der Waals surface area contributed by atoms with Crippen LogP contribution in [0.15, 0.2) is 72.8 Å².